The van der Waals surface area contributed by atoms with Gasteiger partial charge in [0.1, 0.15) is 0 Å². The molecular formula is C17H21ClN2O. The van der Waals surface area contributed by atoms with Crippen LogP contribution in [0.5, 0.6) is 5.75 Å². The molecule has 2 heterocycles. The van der Waals surface area contributed by atoms with Crippen LogP contribution in [0.1, 0.15) is 27.2 Å². The van der Waals surface area contributed by atoms with Crippen LogP contribution in [0.25, 0.3) is 11.3 Å². The molecule has 0 aliphatic heterocycles. The smallest absolute Gasteiger partial charge is 0.156 e. The number of halogens is 1. The number of ether oxygens (including phenoxy) is 1. The van der Waals surface area contributed by atoms with Crippen LogP contribution in [0.3, 0.4) is 0 Å². The Hall–Kier alpha value is -1.61. The van der Waals surface area contributed by atoms with Crippen LogP contribution in [0.15, 0.2) is 36.8 Å². The van der Waals surface area contributed by atoms with E-state index in [9.17, 15) is 0 Å². The monoisotopic (exact) mass is 304 g/mol. The molecule has 0 saturated heterocycles. The summed E-state index contributed by atoms with van der Waals surface area (Å²) in [5, 5.41) is 0.591. The van der Waals surface area contributed by atoms with Gasteiger partial charge in [0.2, 0.25) is 0 Å². The Morgan fingerprint density at radius 1 is 1.19 bits per heavy atom. The van der Waals surface area contributed by atoms with Crippen LogP contribution >= 0.6 is 11.6 Å². The fourth-order valence-corrected chi connectivity index (χ4v) is 2.52. The third-order valence-corrected chi connectivity index (χ3v) is 3.49. The Kier molecular flexibility index (Phi) is 5.57. The first-order chi connectivity index (χ1) is 10.1. The lowest BCUT2D eigenvalue weighted by atomic mass is 10.00. The summed E-state index contributed by atoms with van der Waals surface area (Å²) in [5.74, 6) is 1.82. The van der Waals surface area contributed by atoms with E-state index in [2.05, 4.69) is 30.7 Å². The molecule has 0 aliphatic carbocycles. The molecule has 2 aromatic heterocycles. The molecule has 2 rings (SSSR count). The molecule has 0 aliphatic rings. The van der Waals surface area contributed by atoms with Crippen molar-refractivity contribution >= 4 is 11.6 Å². The Morgan fingerprint density at radius 2 is 1.90 bits per heavy atom. The lowest BCUT2D eigenvalue weighted by Crippen LogP contribution is -2.11. The number of nitrogens with zero attached hydrogens (tertiary/aromatic N) is 2. The zero-order valence-electron chi connectivity index (χ0n) is 12.7. The van der Waals surface area contributed by atoms with Crippen LogP contribution in [0, 0.1) is 11.8 Å². The first-order valence-corrected chi connectivity index (χ1v) is 7.62. The quantitative estimate of drug-likeness (QED) is 0.764. The van der Waals surface area contributed by atoms with Crippen molar-refractivity contribution in [3.8, 4) is 17.0 Å². The van der Waals surface area contributed by atoms with Gasteiger partial charge in [-0.3, -0.25) is 9.97 Å². The van der Waals surface area contributed by atoms with Crippen LogP contribution in [0.2, 0.25) is 5.02 Å². The molecular weight excluding hydrogens is 284 g/mol. The second kappa shape index (κ2) is 7.41. The summed E-state index contributed by atoms with van der Waals surface area (Å²) in [6, 6.07) is 5.65. The Morgan fingerprint density at radius 3 is 2.52 bits per heavy atom. The van der Waals surface area contributed by atoms with Crippen molar-refractivity contribution in [3.05, 3.63) is 41.8 Å². The minimum atomic E-state index is 0.501. The first-order valence-electron chi connectivity index (χ1n) is 7.25. The minimum absolute atomic E-state index is 0.501. The Balaban J connectivity index is 2.03. The normalized spacial score (nSPS) is 12.4. The molecule has 0 bridgehead atoms. The van der Waals surface area contributed by atoms with E-state index in [-0.39, 0.29) is 0 Å². The highest BCUT2D eigenvalue weighted by Gasteiger charge is 2.10. The fourth-order valence-electron chi connectivity index (χ4n) is 2.31. The number of hydrogen-bond donors (Lipinski definition) is 0. The second-order valence-corrected chi connectivity index (χ2v) is 6.19. The van der Waals surface area contributed by atoms with Gasteiger partial charge in [0.25, 0.3) is 0 Å². The molecule has 1 unspecified atom stereocenters. The van der Waals surface area contributed by atoms with E-state index in [0.29, 0.717) is 29.2 Å². The van der Waals surface area contributed by atoms with E-state index in [1.807, 2.05) is 18.2 Å². The molecule has 4 heteroatoms. The summed E-state index contributed by atoms with van der Waals surface area (Å²) in [5.41, 5.74) is 1.82. The van der Waals surface area contributed by atoms with Crippen molar-refractivity contribution < 1.29 is 4.74 Å². The number of pyridine rings is 2. The van der Waals surface area contributed by atoms with E-state index < -0.39 is 0 Å². The van der Waals surface area contributed by atoms with Gasteiger partial charge in [-0.05, 0) is 36.5 Å². The molecule has 1 atom stereocenters. The van der Waals surface area contributed by atoms with Crippen LogP contribution in [0.4, 0.5) is 0 Å². The lowest BCUT2D eigenvalue weighted by Gasteiger charge is -2.15. The summed E-state index contributed by atoms with van der Waals surface area (Å²) >= 11 is 6.29. The van der Waals surface area contributed by atoms with E-state index in [0.717, 1.165) is 17.7 Å². The molecule has 0 N–H and O–H groups in total. The van der Waals surface area contributed by atoms with Gasteiger partial charge in [-0.25, -0.2) is 0 Å². The van der Waals surface area contributed by atoms with Gasteiger partial charge in [0, 0.05) is 18.0 Å². The zero-order valence-corrected chi connectivity index (χ0v) is 13.5. The van der Waals surface area contributed by atoms with Crippen molar-refractivity contribution in [2.75, 3.05) is 6.61 Å². The van der Waals surface area contributed by atoms with Crippen molar-refractivity contribution in [2.45, 2.75) is 27.2 Å². The molecule has 0 saturated carbocycles. The Bertz CT molecular complexity index is 572. The highest BCUT2D eigenvalue weighted by atomic mass is 35.5. The predicted molar refractivity (Wildman–Crippen MR) is 86.6 cm³/mol. The lowest BCUT2D eigenvalue weighted by molar-refractivity contribution is 0.238. The van der Waals surface area contributed by atoms with Crippen molar-refractivity contribution in [1.82, 2.24) is 9.97 Å². The highest BCUT2D eigenvalue weighted by molar-refractivity contribution is 6.32. The maximum Gasteiger partial charge on any atom is 0.156 e. The summed E-state index contributed by atoms with van der Waals surface area (Å²) in [4.78, 5) is 8.41. The standard InChI is InChI=1S/C17H21ClN2O/c1-12(2)8-13(3)11-21-17-10-20-16(9-15(17)18)14-4-6-19-7-5-14/h4-7,9-10,12-13H,8,11H2,1-3H3. The van der Waals surface area contributed by atoms with E-state index in [1.165, 1.54) is 0 Å². The summed E-state index contributed by atoms with van der Waals surface area (Å²) in [6.45, 7) is 7.28. The molecule has 0 amide bonds. The molecule has 3 nitrogen and oxygen atoms in total. The van der Waals surface area contributed by atoms with Crippen molar-refractivity contribution in [2.24, 2.45) is 11.8 Å². The van der Waals surface area contributed by atoms with Gasteiger partial charge in [0.05, 0.1) is 23.5 Å². The molecule has 112 valence electrons. The summed E-state index contributed by atoms with van der Waals surface area (Å²) in [6.07, 6.45) is 6.31. The maximum atomic E-state index is 6.29. The maximum absolute atomic E-state index is 6.29. The van der Waals surface area contributed by atoms with E-state index in [1.54, 1.807) is 18.6 Å². The molecule has 0 aromatic carbocycles. The van der Waals surface area contributed by atoms with Crippen LogP contribution in [-0.4, -0.2) is 16.6 Å². The van der Waals surface area contributed by atoms with Gasteiger partial charge in [-0.1, -0.05) is 32.4 Å². The molecule has 0 spiro atoms. The SMILES string of the molecule is CC(C)CC(C)COc1cnc(-c2ccncc2)cc1Cl. The third kappa shape index (κ3) is 4.71. The number of hydrogen-bond acceptors (Lipinski definition) is 3. The fraction of sp³-hybridized carbons (Fsp3) is 0.412. The van der Waals surface area contributed by atoms with Gasteiger partial charge in [-0.15, -0.1) is 0 Å². The molecule has 2 aromatic rings. The highest BCUT2D eigenvalue weighted by Crippen LogP contribution is 2.28. The second-order valence-electron chi connectivity index (χ2n) is 5.78. The summed E-state index contributed by atoms with van der Waals surface area (Å²) in [7, 11) is 0. The van der Waals surface area contributed by atoms with E-state index >= 15 is 0 Å². The van der Waals surface area contributed by atoms with Gasteiger partial charge < -0.3 is 4.74 Å². The third-order valence-electron chi connectivity index (χ3n) is 3.19. The number of rotatable bonds is 6. The zero-order chi connectivity index (χ0) is 15.2. The molecule has 0 radical (unpaired) electrons. The van der Waals surface area contributed by atoms with Gasteiger partial charge in [0.15, 0.2) is 5.75 Å². The summed E-state index contributed by atoms with van der Waals surface area (Å²) < 4.78 is 5.78. The van der Waals surface area contributed by atoms with Crippen molar-refractivity contribution in [1.29, 1.82) is 0 Å². The minimum Gasteiger partial charge on any atom is -0.490 e. The van der Waals surface area contributed by atoms with Gasteiger partial charge >= 0.3 is 0 Å². The van der Waals surface area contributed by atoms with E-state index in [4.69, 9.17) is 16.3 Å². The molecule has 0 fully saturated rings. The topological polar surface area (TPSA) is 35.0 Å². The average Bonchev–Trinajstić information content (AvgIpc) is 2.46. The largest absolute Gasteiger partial charge is 0.490 e. The Labute approximate surface area is 131 Å². The number of aromatic nitrogens is 2. The molecule has 21 heavy (non-hydrogen) atoms. The van der Waals surface area contributed by atoms with Gasteiger partial charge in [-0.2, -0.15) is 0 Å². The van der Waals surface area contributed by atoms with Crippen molar-refractivity contribution in [3.63, 3.8) is 0 Å². The van der Waals surface area contributed by atoms with Crippen LogP contribution in [-0.2, 0) is 0 Å². The first kappa shape index (κ1) is 15.8. The predicted octanol–water partition coefficient (Wildman–Crippen LogP) is 4.86. The van der Waals surface area contributed by atoms with Crippen LogP contribution < -0.4 is 4.74 Å². The average molecular weight is 305 g/mol.